The lowest BCUT2D eigenvalue weighted by molar-refractivity contribution is 0.430. The van der Waals surface area contributed by atoms with Crippen LogP contribution in [0.4, 0.5) is 4.39 Å². The maximum Gasteiger partial charge on any atom is 0.123 e. The van der Waals surface area contributed by atoms with Crippen LogP contribution in [0.3, 0.4) is 0 Å². The third-order valence-corrected chi connectivity index (χ3v) is 4.23. The fourth-order valence-electron chi connectivity index (χ4n) is 2.00. The van der Waals surface area contributed by atoms with Gasteiger partial charge in [0.25, 0.3) is 0 Å². The fourth-order valence-corrected chi connectivity index (χ4v) is 3.11. The van der Waals surface area contributed by atoms with Gasteiger partial charge in [-0.1, -0.05) is 6.92 Å². The molecule has 1 aromatic rings. The fraction of sp³-hybridized carbons (Fsp3) is 0.538. The number of fused-ring (bicyclic) bond motifs is 1. The van der Waals surface area contributed by atoms with E-state index in [2.05, 4.69) is 19.2 Å². The van der Waals surface area contributed by atoms with Gasteiger partial charge in [-0.2, -0.15) is 0 Å². The first-order chi connectivity index (χ1) is 7.70. The van der Waals surface area contributed by atoms with E-state index in [-0.39, 0.29) is 5.82 Å². The summed E-state index contributed by atoms with van der Waals surface area (Å²) in [5, 5.41) is 3.57. The Kier molecular flexibility index (Phi) is 3.87. The first-order valence-electron chi connectivity index (χ1n) is 5.89. The van der Waals surface area contributed by atoms with E-state index in [0.717, 1.165) is 24.2 Å². The Bertz CT molecular complexity index is 367. The van der Waals surface area contributed by atoms with E-state index in [1.807, 2.05) is 17.8 Å². The minimum atomic E-state index is -0.128. The van der Waals surface area contributed by atoms with Gasteiger partial charge in [-0.05, 0) is 49.3 Å². The molecule has 0 aromatic heterocycles. The lowest BCUT2D eigenvalue weighted by Crippen LogP contribution is -2.32. The summed E-state index contributed by atoms with van der Waals surface area (Å²) in [6.45, 7) is 4.35. The minimum absolute atomic E-state index is 0.128. The molecule has 0 saturated heterocycles. The Morgan fingerprint density at radius 1 is 1.56 bits per heavy atom. The van der Waals surface area contributed by atoms with E-state index in [1.165, 1.54) is 4.90 Å². The molecular formula is C13H18FNS. The summed E-state index contributed by atoms with van der Waals surface area (Å²) in [6.07, 6.45) is 2.19. The highest BCUT2D eigenvalue weighted by atomic mass is 32.2. The highest BCUT2D eigenvalue weighted by Crippen LogP contribution is 2.36. The topological polar surface area (TPSA) is 12.0 Å². The molecule has 0 radical (unpaired) electrons. The first-order valence-corrected chi connectivity index (χ1v) is 6.87. The van der Waals surface area contributed by atoms with Crippen molar-refractivity contribution in [3.63, 3.8) is 0 Å². The van der Waals surface area contributed by atoms with Crippen molar-refractivity contribution < 1.29 is 4.39 Å². The second-order valence-corrected chi connectivity index (χ2v) is 5.48. The smallest absolute Gasteiger partial charge is 0.123 e. The zero-order valence-electron chi connectivity index (χ0n) is 9.79. The Morgan fingerprint density at radius 2 is 2.38 bits per heavy atom. The van der Waals surface area contributed by atoms with Gasteiger partial charge in [0.2, 0.25) is 0 Å². The van der Waals surface area contributed by atoms with E-state index < -0.39 is 0 Å². The molecule has 0 spiro atoms. The molecule has 1 heterocycles. The number of benzene rings is 1. The third kappa shape index (κ3) is 2.58. The lowest BCUT2D eigenvalue weighted by atomic mass is 10.0. The van der Waals surface area contributed by atoms with Gasteiger partial charge < -0.3 is 5.32 Å². The van der Waals surface area contributed by atoms with Crippen LogP contribution < -0.4 is 5.32 Å². The third-order valence-electron chi connectivity index (χ3n) is 3.11. The molecule has 2 atom stereocenters. The van der Waals surface area contributed by atoms with Gasteiger partial charge in [-0.15, -0.1) is 11.8 Å². The highest BCUT2D eigenvalue weighted by Gasteiger charge is 2.21. The largest absolute Gasteiger partial charge is 0.307 e. The van der Waals surface area contributed by atoms with Gasteiger partial charge in [0.15, 0.2) is 0 Å². The van der Waals surface area contributed by atoms with Crippen LogP contribution in [0.5, 0.6) is 0 Å². The standard InChI is InChI=1S/C13H18FNS/c1-3-9(2)15-12-6-7-16-13-5-4-10(14)8-11(12)13/h4-5,8-9,12,15H,3,6-7H2,1-2H3. The monoisotopic (exact) mass is 239 g/mol. The van der Waals surface area contributed by atoms with Crippen molar-refractivity contribution in [3.05, 3.63) is 29.6 Å². The summed E-state index contributed by atoms with van der Waals surface area (Å²) >= 11 is 1.83. The van der Waals surface area contributed by atoms with Crippen molar-refractivity contribution in [1.82, 2.24) is 5.32 Å². The number of hydrogen-bond donors (Lipinski definition) is 1. The van der Waals surface area contributed by atoms with Gasteiger partial charge >= 0.3 is 0 Å². The molecule has 0 saturated carbocycles. The van der Waals surface area contributed by atoms with Gasteiger partial charge in [-0.25, -0.2) is 4.39 Å². The number of hydrogen-bond acceptors (Lipinski definition) is 2. The summed E-state index contributed by atoms with van der Waals surface area (Å²) in [4.78, 5) is 1.23. The molecular weight excluding hydrogens is 221 g/mol. The molecule has 3 heteroatoms. The molecule has 2 unspecified atom stereocenters. The van der Waals surface area contributed by atoms with Crippen molar-refractivity contribution in [3.8, 4) is 0 Å². The van der Waals surface area contributed by atoms with E-state index in [1.54, 1.807) is 12.1 Å². The Morgan fingerprint density at radius 3 is 3.12 bits per heavy atom. The molecule has 16 heavy (non-hydrogen) atoms. The van der Waals surface area contributed by atoms with Crippen LogP contribution in [-0.4, -0.2) is 11.8 Å². The van der Waals surface area contributed by atoms with Crippen molar-refractivity contribution in [2.45, 2.75) is 43.7 Å². The van der Waals surface area contributed by atoms with Crippen molar-refractivity contribution in [2.75, 3.05) is 5.75 Å². The van der Waals surface area contributed by atoms with Crippen LogP contribution in [0.15, 0.2) is 23.1 Å². The summed E-state index contributed by atoms with van der Waals surface area (Å²) in [5.41, 5.74) is 1.14. The van der Waals surface area contributed by atoms with E-state index in [9.17, 15) is 4.39 Å². The molecule has 1 aliphatic rings. The maximum atomic E-state index is 13.3. The van der Waals surface area contributed by atoms with E-state index in [4.69, 9.17) is 0 Å². The van der Waals surface area contributed by atoms with Gasteiger partial charge in [-0.3, -0.25) is 0 Å². The normalized spacial score (nSPS) is 21.6. The molecule has 0 aliphatic carbocycles. The molecule has 1 aliphatic heterocycles. The van der Waals surface area contributed by atoms with Crippen LogP contribution in [0, 0.1) is 5.82 Å². The predicted octanol–water partition coefficient (Wildman–Crippen LogP) is 3.75. The van der Waals surface area contributed by atoms with Gasteiger partial charge in [0.05, 0.1) is 0 Å². The highest BCUT2D eigenvalue weighted by molar-refractivity contribution is 7.99. The van der Waals surface area contributed by atoms with Crippen molar-refractivity contribution >= 4 is 11.8 Å². The second-order valence-electron chi connectivity index (χ2n) is 4.35. The Balaban J connectivity index is 2.21. The minimum Gasteiger partial charge on any atom is -0.307 e. The molecule has 0 amide bonds. The van der Waals surface area contributed by atoms with Crippen molar-refractivity contribution in [2.24, 2.45) is 0 Å². The zero-order valence-corrected chi connectivity index (χ0v) is 10.6. The first kappa shape index (κ1) is 11.9. The van der Waals surface area contributed by atoms with E-state index >= 15 is 0 Å². The van der Waals surface area contributed by atoms with Crippen LogP contribution in [0.2, 0.25) is 0 Å². The van der Waals surface area contributed by atoms with Crippen molar-refractivity contribution in [1.29, 1.82) is 0 Å². The molecule has 1 N–H and O–H groups in total. The van der Waals surface area contributed by atoms with Crippen LogP contribution in [0.1, 0.15) is 38.3 Å². The molecule has 1 aromatic carbocycles. The average Bonchev–Trinajstić information content (AvgIpc) is 2.29. The molecule has 88 valence electrons. The Labute approximate surface area is 101 Å². The number of halogens is 1. The van der Waals surface area contributed by atoms with E-state index in [0.29, 0.717) is 12.1 Å². The second kappa shape index (κ2) is 5.19. The summed E-state index contributed by atoms with van der Waals surface area (Å²) in [6, 6.07) is 5.95. The zero-order chi connectivity index (χ0) is 11.5. The summed E-state index contributed by atoms with van der Waals surface area (Å²) < 4.78 is 13.3. The number of thioether (sulfide) groups is 1. The average molecular weight is 239 g/mol. The molecule has 2 rings (SSSR count). The molecule has 0 bridgehead atoms. The van der Waals surface area contributed by atoms with Crippen LogP contribution >= 0.6 is 11.8 Å². The molecule has 1 nitrogen and oxygen atoms in total. The molecule has 0 fully saturated rings. The number of rotatable bonds is 3. The Hall–Kier alpha value is -0.540. The predicted molar refractivity (Wildman–Crippen MR) is 67.4 cm³/mol. The van der Waals surface area contributed by atoms with Gasteiger partial charge in [0.1, 0.15) is 5.82 Å². The van der Waals surface area contributed by atoms with Gasteiger partial charge in [0, 0.05) is 17.0 Å². The summed E-state index contributed by atoms with van der Waals surface area (Å²) in [7, 11) is 0. The lowest BCUT2D eigenvalue weighted by Gasteiger charge is -2.28. The van der Waals surface area contributed by atoms with Crippen LogP contribution in [0.25, 0.3) is 0 Å². The SMILES string of the molecule is CCC(C)NC1CCSc2ccc(F)cc21. The van der Waals surface area contributed by atoms with Crippen LogP contribution in [-0.2, 0) is 0 Å². The maximum absolute atomic E-state index is 13.3. The summed E-state index contributed by atoms with van der Waals surface area (Å²) in [5.74, 6) is 0.990. The quantitative estimate of drug-likeness (QED) is 0.862. The number of nitrogens with one attached hydrogen (secondary N) is 1.